The fourth-order valence-electron chi connectivity index (χ4n) is 3.18. The fraction of sp³-hybridized carbons (Fsp3) is 0.929. The lowest BCUT2D eigenvalue weighted by Crippen LogP contribution is -2.48. The van der Waals surface area contributed by atoms with Gasteiger partial charge in [0.25, 0.3) is 0 Å². The Morgan fingerprint density at radius 1 is 1.36 bits per heavy atom. The summed E-state index contributed by atoms with van der Waals surface area (Å²) in [6, 6.07) is 0. The molecular weight excluding hydrogens is 308 g/mol. The lowest BCUT2D eigenvalue weighted by Gasteiger charge is -2.31. The van der Waals surface area contributed by atoms with Crippen molar-refractivity contribution in [2.75, 3.05) is 32.8 Å². The van der Waals surface area contributed by atoms with Crippen LogP contribution in [0.2, 0.25) is 0 Å². The average molecular weight is 332 g/mol. The molecule has 1 saturated carbocycles. The van der Waals surface area contributed by atoms with Gasteiger partial charge in [-0.15, -0.1) is 0 Å². The first-order valence-electron chi connectivity index (χ1n) is 7.90. The Labute approximate surface area is 131 Å². The first kappa shape index (κ1) is 16.2. The van der Waals surface area contributed by atoms with Gasteiger partial charge >= 0.3 is 0 Å². The number of rotatable bonds is 4. The number of hydrogen-bond donors (Lipinski definition) is 1. The highest BCUT2D eigenvalue weighted by Crippen LogP contribution is 2.37. The van der Waals surface area contributed by atoms with E-state index in [1.54, 1.807) is 4.31 Å². The third-order valence-corrected chi connectivity index (χ3v) is 6.88. The topological polar surface area (TPSA) is 84.9 Å². The Bertz CT molecular complexity index is 533. The second-order valence-corrected chi connectivity index (χ2v) is 8.74. The van der Waals surface area contributed by atoms with Gasteiger partial charge in [0.2, 0.25) is 15.9 Å². The van der Waals surface area contributed by atoms with Crippen molar-refractivity contribution in [1.29, 1.82) is 0 Å². The van der Waals surface area contributed by atoms with Crippen LogP contribution >= 0.6 is 0 Å². The highest BCUT2D eigenvalue weighted by molar-refractivity contribution is 7.90. The van der Waals surface area contributed by atoms with Gasteiger partial charge in [0.1, 0.15) is 5.60 Å². The first-order chi connectivity index (χ1) is 10.4. The van der Waals surface area contributed by atoms with E-state index in [9.17, 15) is 13.2 Å². The zero-order valence-corrected chi connectivity index (χ0v) is 13.7. The average Bonchev–Trinajstić information content (AvgIpc) is 3.25. The summed E-state index contributed by atoms with van der Waals surface area (Å²) in [5.74, 6) is -0.0837. The Morgan fingerprint density at radius 3 is 2.82 bits per heavy atom. The number of sulfonamides is 1. The van der Waals surface area contributed by atoms with Crippen LogP contribution in [0.3, 0.4) is 0 Å². The monoisotopic (exact) mass is 332 g/mol. The van der Waals surface area contributed by atoms with Crippen molar-refractivity contribution >= 4 is 15.9 Å². The Hall–Kier alpha value is -0.700. The summed E-state index contributed by atoms with van der Waals surface area (Å²) < 4.78 is 38.3. The third-order valence-electron chi connectivity index (χ3n) is 4.54. The van der Waals surface area contributed by atoms with E-state index in [-0.39, 0.29) is 17.3 Å². The van der Waals surface area contributed by atoms with Gasteiger partial charge in [-0.25, -0.2) is 8.42 Å². The number of nitrogens with one attached hydrogen (secondary N) is 1. The van der Waals surface area contributed by atoms with Crippen LogP contribution in [-0.4, -0.2) is 68.4 Å². The standard InChI is InChI=1S/C14H24N2O5S/c1-11(17)15-8-12-4-5-14(21-12)9-16(6-7-20-10-14)22(18,19)13-2-3-13/h12-13H,2-10H2,1H3,(H,15,17)/t12-,14-/m1/s1. The fourth-order valence-corrected chi connectivity index (χ4v) is 5.08. The van der Waals surface area contributed by atoms with Crippen LogP contribution in [0.5, 0.6) is 0 Å². The number of nitrogens with zero attached hydrogens (tertiary/aromatic N) is 1. The van der Waals surface area contributed by atoms with Gasteiger partial charge in [0.05, 0.1) is 24.6 Å². The zero-order valence-electron chi connectivity index (χ0n) is 12.9. The molecule has 0 unspecified atom stereocenters. The summed E-state index contributed by atoms with van der Waals surface area (Å²) >= 11 is 0. The molecule has 126 valence electrons. The van der Waals surface area contributed by atoms with Crippen LogP contribution in [0.1, 0.15) is 32.6 Å². The summed E-state index contributed by atoms with van der Waals surface area (Å²) in [6.45, 7) is 3.53. The molecule has 1 N–H and O–H groups in total. The van der Waals surface area contributed by atoms with Crippen LogP contribution in [-0.2, 0) is 24.3 Å². The van der Waals surface area contributed by atoms with Gasteiger partial charge < -0.3 is 14.8 Å². The molecule has 1 spiro atoms. The summed E-state index contributed by atoms with van der Waals surface area (Å²) in [7, 11) is -3.22. The lowest BCUT2D eigenvalue weighted by atomic mass is 10.0. The summed E-state index contributed by atoms with van der Waals surface area (Å²) in [4.78, 5) is 11.0. The smallest absolute Gasteiger partial charge is 0.217 e. The van der Waals surface area contributed by atoms with Crippen molar-refractivity contribution in [3.05, 3.63) is 0 Å². The quantitative estimate of drug-likeness (QED) is 0.775. The van der Waals surface area contributed by atoms with Crippen LogP contribution < -0.4 is 5.32 Å². The van der Waals surface area contributed by atoms with Crippen molar-refractivity contribution in [2.45, 2.75) is 49.6 Å². The third kappa shape index (κ3) is 3.45. The van der Waals surface area contributed by atoms with Crippen molar-refractivity contribution in [3.8, 4) is 0 Å². The maximum atomic E-state index is 12.5. The minimum atomic E-state index is -3.22. The molecule has 8 heteroatoms. The van der Waals surface area contributed by atoms with Gasteiger partial charge in [0.15, 0.2) is 0 Å². The van der Waals surface area contributed by atoms with Crippen LogP contribution in [0, 0.1) is 0 Å². The number of carbonyl (C=O) groups excluding carboxylic acids is 1. The van der Waals surface area contributed by atoms with Crippen LogP contribution in [0.25, 0.3) is 0 Å². The first-order valence-corrected chi connectivity index (χ1v) is 9.41. The molecule has 0 bridgehead atoms. The van der Waals surface area contributed by atoms with Crippen LogP contribution in [0.15, 0.2) is 0 Å². The molecule has 1 aliphatic carbocycles. The van der Waals surface area contributed by atoms with E-state index in [0.717, 1.165) is 25.7 Å². The highest BCUT2D eigenvalue weighted by Gasteiger charge is 2.48. The van der Waals surface area contributed by atoms with E-state index < -0.39 is 15.6 Å². The van der Waals surface area contributed by atoms with Crippen molar-refractivity contribution in [3.63, 3.8) is 0 Å². The Morgan fingerprint density at radius 2 is 2.14 bits per heavy atom. The molecule has 2 saturated heterocycles. The maximum Gasteiger partial charge on any atom is 0.217 e. The molecule has 0 radical (unpaired) electrons. The minimum Gasteiger partial charge on any atom is -0.377 e. The minimum absolute atomic E-state index is 0.0731. The molecule has 2 atom stereocenters. The zero-order chi connectivity index (χ0) is 15.8. The van der Waals surface area contributed by atoms with Gasteiger partial charge in [-0.2, -0.15) is 4.31 Å². The molecule has 0 aromatic carbocycles. The number of hydrogen-bond acceptors (Lipinski definition) is 5. The summed E-state index contributed by atoms with van der Waals surface area (Å²) in [5, 5.41) is 2.55. The van der Waals surface area contributed by atoms with Crippen LogP contribution in [0.4, 0.5) is 0 Å². The molecular formula is C14H24N2O5S. The van der Waals surface area contributed by atoms with Gasteiger partial charge in [-0.3, -0.25) is 4.79 Å². The molecule has 22 heavy (non-hydrogen) atoms. The largest absolute Gasteiger partial charge is 0.377 e. The van der Waals surface area contributed by atoms with E-state index in [4.69, 9.17) is 9.47 Å². The molecule has 1 amide bonds. The Kier molecular flexibility index (Phi) is 4.46. The van der Waals surface area contributed by atoms with Gasteiger partial charge in [-0.1, -0.05) is 0 Å². The SMILES string of the molecule is CC(=O)NC[C@H]1CC[C@@]2(COCCN(S(=O)(=O)C3CC3)C2)O1. The van der Waals surface area contributed by atoms with Crippen molar-refractivity contribution in [1.82, 2.24) is 9.62 Å². The molecule has 2 aliphatic heterocycles. The Balaban J connectivity index is 1.66. The second kappa shape index (κ2) is 6.07. The van der Waals surface area contributed by atoms with Crippen molar-refractivity contribution in [2.24, 2.45) is 0 Å². The number of carbonyl (C=O) groups is 1. The van der Waals surface area contributed by atoms with E-state index in [0.29, 0.717) is 32.8 Å². The molecule has 7 nitrogen and oxygen atoms in total. The molecule has 3 aliphatic rings. The highest BCUT2D eigenvalue weighted by atomic mass is 32.2. The molecule has 0 aromatic heterocycles. The van der Waals surface area contributed by atoms with E-state index >= 15 is 0 Å². The van der Waals surface area contributed by atoms with Crippen molar-refractivity contribution < 1.29 is 22.7 Å². The second-order valence-electron chi connectivity index (χ2n) is 6.53. The van der Waals surface area contributed by atoms with E-state index in [1.807, 2.05) is 0 Å². The predicted octanol–water partition coefficient (Wildman–Crippen LogP) is -0.135. The van der Waals surface area contributed by atoms with Gasteiger partial charge in [-0.05, 0) is 25.7 Å². The number of ether oxygens (including phenoxy) is 2. The van der Waals surface area contributed by atoms with E-state index in [2.05, 4.69) is 5.32 Å². The number of amides is 1. The molecule has 3 rings (SSSR count). The van der Waals surface area contributed by atoms with Gasteiger partial charge in [0, 0.05) is 26.6 Å². The predicted molar refractivity (Wildman–Crippen MR) is 79.9 cm³/mol. The molecule has 0 aromatic rings. The maximum absolute atomic E-state index is 12.5. The molecule has 3 fully saturated rings. The normalized spacial score (nSPS) is 33.8. The summed E-state index contributed by atoms with van der Waals surface area (Å²) in [6.07, 6.45) is 3.02. The molecule has 2 heterocycles. The summed E-state index contributed by atoms with van der Waals surface area (Å²) in [5.41, 5.74) is -0.568. The van der Waals surface area contributed by atoms with E-state index in [1.165, 1.54) is 6.92 Å². The lowest BCUT2D eigenvalue weighted by molar-refractivity contribution is -0.120.